The van der Waals surface area contributed by atoms with Gasteiger partial charge in [0.05, 0.1) is 5.69 Å². The van der Waals surface area contributed by atoms with Gasteiger partial charge in [-0.25, -0.2) is 4.39 Å². The summed E-state index contributed by atoms with van der Waals surface area (Å²) in [5.74, 6) is 0.914. The van der Waals surface area contributed by atoms with Crippen LogP contribution >= 0.6 is 15.9 Å². The van der Waals surface area contributed by atoms with Gasteiger partial charge in [0, 0.05) is 34.9 Å². The molecule has 4 nitrogen and oxygen atoms in total. The zero-order chi connectivity index (χ0) is 22.6. The van der Waals surface area contributed by atoms with Crippen LogP contribution in [-0.4, -0.2) is 35.8 Å². The van der Waals surface area contributed by atoms with Crippen LogP contribution in [0.2, 0.25) is 0 Å². The summed E-state index contributed by atoms with van der Waals surface area (Å²) in [5.41, 5.74) is 2.73. The molecule has 5 rings (SSSR count). The Labute approximate surface area is 201 Å². The van der Waals surface area contributed by atoms with Crippen LogP contribution in [0.15, 0.2) is 81.8 Å². The Morgan fingerprint density at radius 3 is 2.70 bits per heavy atom. The molecule has 1 aliphatic heterocycles. The number of hydrogen-bond acceptors (Lipinski definition) is 4. The van der Waals surface area contributed by atoms with E-state index in [4.69, 9.17) is 9.26 Å². The maximum absolute atomic E-state index is 13.4. The summed E-state index contributed by atoms with van der Waals surface area (Å²) in [6, 6.07) is 23.4. The van der Waals surface area contributed by atoms with E-state index in [1.54, 1.807) is 6.07 Å². The van der Waals surface area contributed by atoms with Crippen LogP contribution in [0.5, 0.6) is 5.75 Å². The van der Waals surface area contributed by atoms with Gasteiger partial charge in [-0.05, 0) is 67.8 Å². The summed E-state index contributed by atoms with van der Waals surface area (Å²) >= 11 is 3.49. The average molecular weight is 509 g/mol. The van der Waals surface area contributed by atoms with Gasteiger partial charge >= 0.3 is 0 Å². The van der Waals surface area contributed by atoms with Crippen LogP contribution in [0.3, 0.4) is 0 Å². The van der Waals surface area contributed by atoms with Crippen molar-refractivity contribution < 1.29 is 13.7 Å². The third kappa shape index (κ3) is 5.28. The highest BCUT2D eigenvalue weighted by Crippen LogP contribution is 2.31. The maximum Gasteiger partial charge on any atom is 0.170 e. The lowest BCUT2D eigenvalue weighted by Gasteiger charge is -2.39. The molecule has 170 valence electrons. The van der Waals surface area contributed by atoms with Crippen molar-refractivity contribution in [3.8, 4) is 5.75 Å². The number of rotatable bonds is 7. The van der Waals surface area contributed by atoms with Crippen molar-refractivity contribution in [1.29, 1.82) is 0 Å². The summed E-state index contributed by atoms with van der Waals surface area (Å²) < 4.78 is 26.2. The molecule has 3 aromatic carbocycles. The van der Waals surface area contributed by atoms with E-state index in [1.165, 1.54) is 17.7 Å². The van der Waals surface area contributed by atoms with Crippen LogP contribution in [0.4, 0.5) is 4.39 Å². The fourth-order valence-corrected chi connectivity index (χ4v) is 4.93. The lowest BCUT2D eigenvalue weighted by Crippen LogP contribution is -2.44. The van der Waals surface area contributed by atoms with Crippen molar-refractivity contribution in [1.82, 2.24) is 10.1 Å². The van der Waals surface area contributed by atoms with Crippen molar-refractivity contribution in [3.63, 3.8) is 0 Å². The molecule has 6 heteroatoms. The van der Waals surface area contributed by atoms with E-state index in [9.17, 15) is 4.39 Å². The Balaban J connectivity index is 1.24. The molecule has 0 radical (unpaired) electrons. The highest BCUT2D eigenvalue weighted by Gasteiger charge is 2.32. The number of benzene rings is 3. The average Bonchev–Trinajstić information content (AvgIpc) is 3.24. The lowest BCUT2D eigenvalue weighted by atomic mass is 9.87. The van der Waals surface area contributed by atoms with Gasteiger partial charge in [0.1, 0.15) is 17.7 Å². The molecular formula is C27H26BrFN2O2. The molecule has 2 atom stereocenters. The third-order valence-electron chi connectivity index (χ3n) is 6.36. The summed E-state index contributed by atoms with van der Waals surface area (Å²) in [6.07, 6.45) is 2.89. The van der Waals surface area contributed by atoms with Gasteiger partial charge in [-0.3, -0.25) is 0 Å². The molecule has 2 heterocycles. The highest BCUT2D eigenvalue weighted by molar-refractivity contribution is 9.10. The summed E-state index contributed by atoms with van der Waals surface area (Å²) in [5, 5.41) is 5.07. The number of piperidine rings is 1. The highest BCUT2D eigenvalue weighted by atomic mass is 79.9. The molecule has 1 fully saturated rings. The van der Waals surface area contributed by atoms with Crippen molar-refractivity contribution in [2.75, 3.05) is 19.6 Å². The Hall–Kier alpha value is -2.70. The first-order valence-electron chi connectivity index (χ1n) is 11.4. The second-order valence-corrected chi connectivity index (χ2v) is 9.51. The molecule has 33 heavy (non-hydrogen) atoms. The predicted molar refractivity (Wildman–Crippen MR) is 131 cm³/mol. The Bertz CT molecular complexity index is 1200. The molecule has 1 saturated heterocycles. The minimum atomic E-state index is -0.301. The molecule has 0 aliphatic carbocycles. The van der Waals surface area contributed by atoms with Crippen LogP contribution in [0, 0.1) is 5.82 Å². The van der Waals surface area contributed by atoms with Gasteiger partial charge in [0.2, 0.25) is 0 Å². The molecule has 0 bridgehead atoms. The second kappa shape index (κ2) is 10.1. The largest absolute Gasteiger partial charge is 0.490 e. The van der Waals surface area contributed by atoms with Crippen LogP contribution in [0.1, 0.15) is 30.0 Å². The van der Waals surface area contributed by atoms with E-state index in [0.29, 0.717) is 11.5 Å². The van der Waals surface area contributed by atoms with E-state index in [2.05, 4.69) is 56.3 Å². The molecule has 0 amide bonds. The zero-order valence-corrected chi connectivity index (χ0v) is 19.9. The number of fused-ring (bicyclic) bond motifs is 1. The van der Waals surface area contributed by atoms with Gasteiger partial charge in [-0.15, -0.1) is 0 Å². The summed E-state index contributed by atoms with van der Waals surface area (Å²) in [6.45, 7) is 2.93. The van der Waals surface area contributed by atoms with Gasteiger partial charge in [-0.1, -0.05) is 51.4 Å². The van der Waals surface area contributed by atoms with E-state index >= 15 is 0 Å². The van der Waals surface area contributed by atoms with Crippen molar-refractivity contribution in [2.24, 2.45) is 0 Å². The third-order valence-corrected chi connectivity index (χ3v) is 6.89. The molecule has 0 N–H and O–H groups in total. The smallest absolute Gasteiger partial charge is 0.170 e. The fraction of sp³-hybridized carbons (Fsp3) is 0.296. The minimum absolute atomic E-state index is 0.138. The first kappa shape index (κ1) is 22.1. The maximum atomic E-state index is 13.4. The van der Waals surface area contributed by atoms with Crippen LogP contribution in [-0.2, 0) is 6.42 Å². The number of hydrogen-bond donors (Lipinski definition) is 0. The Morgan fingerprint density at radius 1 is 1.06 bits per heavy atom. The second-order valence-electron chi connectivity index (χ2n) is 8.59. The topological polar surface area (TPSA) is 38.5 Å². The molecular weight excluding hydrogens is 483 g/mol. The predicted octanol–water partition coefficient (Wildman–Crippen LogP) is 6.60. The van der Waals surface area contributed by atoms with E-state index in [1.807, 2.05) is 24.3 Å². The number of aryl methyl sites for hydroxylation is 1. The normalized spacial score (nSPS) is 19.1. The summed E-state index contributed by atoms with van der Waals surface area (Å²) in [7, 11) is 0. The number of nitrogens with zero attached hydrogens (tertiary/aromatic N) is 2. The number of halogens is 2. The lowest BCUT2D eigenvalue weighted by molar-refractivity contribution is 0.0771. The minimum Gasteiger partial charge on any atom is -0.490 e. The van der Waals surface area contributed by atoms with E-state index in [-0.39, 0.29) is 11.9 Å². The van der Waals surface area contributed by atoms with Crippen molar-refractivity contribution in [2.45, 2.75) is 31.3 Å². The molecule has 0 unspecified atom stereocenters. The van der Waals surface area contributed by atoms with Crippen molar-refractivity contribution in [3.05, 3.63) is 94.3 Å². The molecule has 1 aromatic heterocycles. The number of aromatic nitrogens is 1. The standard InChI is InChI=1S/C27H26BrFN2O2/c28-20-8-11-22(12-9-20)32-26-14-16-31(18-24(26)19-5-2-1-3-6-19)15-4-7-25-23-13-10-21(29)17-27(23)33-30-25/h1-3,5-6,8-13,17,24,26H,4,7,14-16,18H2/t24-,26-/m1/s1. The SMILES string of the molecule is Fc1ccc2c(CCCN3CC[C@@H](Oc4ccc(Br)cc4)[C@@H](c4ccccc4)C3)noc2c1. The van der Waals surface area contributed by atoms with Crippen LogP contribution in [0.25, 0.3) is 11.0 Å². The van der Waals surface area contributed by atoms with Crippen molar-refractivity contribution >= 4 is 26.9 Å². The van der Waals surface area contributed by atoms with Gasteiger partial charge < -0.3 is 14.2 Å². The zero-order valence-electron chi connectivity index (χ0n) is 18.3. The molecule has 0 saturated carbocycles. The van der Waals surface area contributed by atoms with Gasteiger partial charge in [-0.2, -0.15) is 0 Å². The fourth-order valence-electron chi connectivity index (χ4n) is 4.66. The first-order valence-corrected chi connectivity index (χ1v) is 12.2. The van der Waals surface area contributed by atoms with Gasteiger partial charge in [0.25, 0.3) is 0 Å². The Kier molecular flexibility index (Phi) is 6.74. The number of likely N-dealkylation sites (tertiary alicyclic amines) is 1. The van der Waals surface area contributed by atoms with E-state index in [0.717, 1.165) is 60.2 Å². The number of ether oxygens (including phenoxy) is 1. The molecule has 4 aromatic rings. The summed E-state index contributed by atoms with van der Waals surface area (Å²) in [4.78, 5) is 2.51. The van der Waals surface area contributed by atoms with Crippen LogP contribution < -0.4 is 4.74 Å². The molecule has 1 aliphatic rings. The van der Waals surface area contributed by atoms with E-state index < -0.39 is 0 Å². The quantitative estimate of drug-likeness (QED) is 0.282. The first-order chi connectivity index (χ1) is 16.2. The molecule has 0 spiro atoms. The monoisotopic (exact) mass is 508 g/mol. The Morgan fingerprint density at radius 2 is 1.88 bits per heavy atom. The van der Waals surface area contributed by atoms with Gasteiger partial charge in [0.15, 0.2) is 5.58 Å².